The van der Waals surface area contributed by atoms with E-state index in [1.54, 1.807) is 0 Å². The number of nitrogens with two attached hydrogens (primary N) is 1. The van der Waals surface area contributed by atoms with Gasteiger partial charge in [-0.1, -0.05) is 24.3 Å². The van der Waals surface area contributed by atoms with E-state index < -0.39 is 10.0 Å². The second kappa shape index (κ2) is 5.86. The topological polar surface area (TPSA) is 72.2 Å². The summed E-state index contributed by atoms with van der Waals surface area (Å²) in [5.74, 6) is 0. The predicted octanol–water partition coefficient (Wildman–Crippen LogP) is 2.90. The van der Waals surface area contributed by atoms with Crippen molar-refractivity contribution in [1.29, 1.82) is 0 Å². The van der Waals surface area contributed by atoms with Gasteiger partial charge in [-0.25, -0.2) is 13.1 Å². The molecule has 2 aromatic heterocycles. The van der Waals surface area contributed by atoms with Crippen molar-refractivity contribution in [2.24, 2.45) is 5.73 Å². The van der Waals surface area contributed by atoms with Crippen LogP contribution in [0.25, 0.3) is 10.1 Å². The molecular formula is C14H14N2O2S3. The van der Waals surface area contributed by atoms with E-state index in [-0.39, 0.29) is 6.54 Å². The third-order valence-corrected chi connectivity index (χ3v) is 6.82. The molecule has 0 radical (unpaired) electrons. The lowest BCUT2D eigenvalue weighted by molar-refractivity contribution is 0.582. The highest BCUT2D eigenvalue weighted by atomic mass is 32.2. The van der Waals surface area contributed by atoms with Crippen LogP contribution in [0.1, 0.15) is 9.75 Å². The molecule has 0 atom stereocenters. The van der Waals surface area contributed by atoms with Crippen LogP contribution in [-0.4, -0.2) is 8.42 Å². The Morgan fingerprint density at radius 3 is 2.67 bits per heavy atom. The Morgan fingerprint density at radius 2 is 1.95 bits per heavy atom. The normalized spacial score (nSPS) is 12.0. The van der Waals surface area contributed by atoms with Gasteiger partial charge >= 0.3 is 0 Å². The van der Waals surface area contributed by atoms with Crippen LogP contribution < -0.4 is 10.5 Å². The van der Waals surface area contributed by atoms with Crippen LogP contribution in [0.2, 0.25) is 0 Å². The van der Waals surface area contributed by atoms with E-state index in [4.69, 9.17) is 5.73 Å². The molecule has 2 heterocycles. The number of fused-ring (bicyclic) bond motifs is 1. The van der Waals surface area contributed by atoms with E-state index >= 15 is 0 Å². The second-order valence-electron chi connectivity index (χ2n) is 4.46. The molecule has 0 aliphatic heterocycles. The van der Waals surface area contributed by atoms with Gasteiger partial charge in [0.15, 0.2) is 0 Å². The number of hydrogen-bond acceptors (Lipinski definition) is 5. The Labute approximate surface area is 131 Å². The summed E-state index contributed by atoms with van der Waals surface area (Å²) in [5.41, 5.74) is 5.72. The Bertz CT molecular complexity index is 852. The average Bonchev–Trinajstić information content (AvgIpc) is 3.12. The summed E-state index contributed by atoms with van der Waals surface area (Å²) < 4.78 is 28.9. The molecular weight excluding hydrogens is 324 g/mol. The maximum Gasteiger partial charge on any atom is 0.242 e. The number of benzene rings is 1. The van der Waals surface area contributed by atoms with Crippen LogP contribution in [0.3, 0.4) is 0 Å². The van der Waals surface area contributed by atoms with E-state index in [1.165, 1.54) is 22.7 Å². The van der Waals surface area contributed by atoms with Gasteiger partial charge in [-0.2, -0.15) is 0 Å². The van der Waals surface area contributed by atoms with Gasteiger partial charge in [0.25, 0.3) is 0 Å². The quantitative estimate of drug-likeness (QED) is 0.751. The lowest BCUT2D eigenvalue weighted by Gasteiger charge is -2.07. The molecule has 3 N–H and O–H groups in total. The molecule has 0 saturated heterocycles. The molecule has 110 valence electrons. The minimum Gasteiger partial charge on any atom is -0.326 e. The van der Waals surface area contributed by atoms with Crippen molar-refractivity contribution in [3.8, 4) is 0 Å². The third-order valence-electron chi connectivity index (χ3n) is 3.09. The van der Waals surface area contributed by atoms with Crippen LogP contribution in [0.5, 0.6) is 0 Å². The van der Waals surface area contributed by atoms with Gasteiger partial charge in [0.2, 0.25) is 10.0 Å². The van der Waals surface area contributed by atoms with Crippen LogP contribution in [0, 0.1) is 0 Å². The summed E-state index contributed by atoms with van der Waals surface area (Å²) in [5, 5.41) is 2.66. The first-order chi connectivity index (χ1) is 10.1. The van der Waals surface area contributed by atoms with Crippen LogP contribution >= 0.6 is 22.7 Å². The number of nitrogens with one attached hydrogen (secondary N) is 1. The van der Waals surface area contributed by atoms with E-state index in [2.05, 4.69) is 4.72 Å². The Morgan fingerprint density at radius 1 is 1.14 bits per heavy atom. The Hall–Kier alpha value is -1.25. The molecule has 0 unspecified atom stereocenters. The molecule has 21 heavy (non-hydrogen) atoms. The van der Waals surface area contributed by atoms with E-state index in [9.17, 15) is 8.42 Å². The first-order valence-corrected chi connectivity index (χ1v) is 9.52. The second-order valence-corrected chi connectivity index (χ2v) is 8.33. The molecule has 3 aromatic rings. The zero-order valence-corrected chi connectivity index (χ0v) is 13.5. The monoisotopic (exact) mass is 338 g/mol. The third kappa shape index (κ3) is 2.88. The molecule has 7 heteroatoms. The number of thiophene rings is 2. The van der Waals surface area contributed by atoms with Gasteiger partial charge in [-0.15, -0.1) is 22.7 Å². The highest BCUT2D eigenvalue weighted by molar-refractivity contribution is 7.90. The zero-order chi connectivity index (χ0) is 14.9. The van der Waals surface area contributed by atoms with Crippen LogP contribution in [0.15, 0.2) is 46.7 Å². The fourth-order valence-corrected chi connectivity index (χ4v) is 5.73. The summed E-state index contributed by atoms with van der Waals surface area (Å²) in [6.45, 7) is 0.517. The molecule has 0 saturated carbocycles. The first kappa shape index (κ1) is 14.7. The van der Waals surface area contributed by atoms with E-state index in [1.807, 2.05) is 41.8 Å². The number of rotatable bonds is 5. The number of sulfonamides is 1. The largest absolute Gasteiger partial charge is 0.326 e. The van der Waals surface area contributed by atoms with Gasteiger partial charge < -0.3 is 5.73 Å². The smallest absolute Gasteiger partial charge is 0.242 e. The minimum absolute atomic E-state index is 0.217. The van der Waals surface area contributed by atoms with Crippen molar-refractivity contribution in [2.45, 2.75) is 18.0 Å². The predicted molar refractivity (Wildman–Crippen MR) is 88.1 cm³/mol. The SMILES string of the molecule is NCc1sc2ccccc2c1S(=O)(=O)NCc1cccs1. The van der Waals surface area contributed by atoms with Gasteiger partial charge in [0, 0.05) is 32.9 Å². The fourth-order valence-electron chi connectivity index (χ4n) is 2.15. The zero-order valence-electron chi connectivity index (χ0n) is 11.1. The molecule has 4 nitrogen and oxygen atoms in total. The van der Waals surface area contributed by atoms with Gasteiger partial charge in [0.1, 0.15) is 4.90 Å². The van der Waals surface area contributed by atoms with E-state index in [0.717, 1.165) is 15.0 Å². The van der Waals surface area contributed by atoms with Crippen molar-refractivity contribution < 1.29 is 8.42 Å². The summed E-state index contributed by atoms with van der Waals surface area (Å²) in [7, 11) is -3.58. The molecule has 0 bridgehead atoms. The highest BCUT2D eigenvalue weighted by Crippen LogP contribution is 2.34. The standard InChI is InChI=1S/C14H14N2O2S3/c15-8-13-14(11-5-1-2-6-12(11)20-13)21(17,18)16-9-10-4-3-7-19-10/h1-7,16H,8-9,15H2. The van der Waals surface area contributed by atoms with Gasteiger partial charge in [0.05, 0.1) is 0 Å². The molecule has 1 aromatic carbocycles. The van der Waals surface area contributed by atoms with Crippen molar-refractivity contribution in [3.05, 3.63) is 51.5 Å². The fraction of sp³-hybridized carbons (Fsp3) is 0.143. The van der Waals surface area contributed by atoms with E-state index in [0.29, 0.717) is 16.3 Å². The molecule has 0 fully saturated rings. The summed E-state index contributed by atoms with van der Waals surface area (Å²) >= 11 is 2.96. The summed E-state index contributed by atoms with van der Waals surface area (Å²) in [6.07, 6.45) is 0. The molecule has 0 spiro atoms. The van der Waals surface area contributed by atoms with Crippen molar-refractivity contribution in [3.63, 3.8) is 0 Å². The van der Waals surface area contributed by atoms with Crippen LogP contribution in [0.4, 0.5) is 0 Å². The van der Waals surface area contributed by atoms with Crippen molar-refractivity contribution >= 4 is 42.8 Å². The van der Waals surface area contributed by atoms with Gasteiger partial charge in [-0.05, 0) is 17.5 Å². The molecule has 0 aliphatic carbocycles. The minimum atomic E-state index is -3.58. The Balaban J connectivity index is 2.01. The molecule has 3 rings (SSSR count). The Kier molecular flexibility index (Phi) is 4.10. The number of hydrogen-bond donors (Lipinski definition) is 2. The molecule has 0 amide bonds. The summed E-state index contributed by atoms with van der Waals surface area (Å²) in [6, 6.07) is 11.3. The maximum atomic E-state index is 12.6. The first-order valence-electron chi connectivity index (χ1n) is 6.34. The molecule has 0 aliphatic rings. The maximum absolute atomic E-state index is 12.6. The average molecular weight is 338 g/mol. The highest BCUT2D eigenvalue weighted by Gasteiger charge is 2.23. The van der Waals surface area contributed by atoms with Crippen molar-refractivity contribution in [1.82, 2.24) is 4.72 Å². The summed E-state index contributed by atoms with van der Waals surface area (Å²) in [4.78, 5) is 1.99. The van der Waals surface area contributed by atoms with Gasteiger partial charge in [-0.3, -0.25) is 0 Å². The lowest BCUT2D eigenvalue weighted by atomic mass is 10.2. The van der Waals surface area contributed by atoms with Crippen LogP contribution in [-0.2, 0) is 23.1 Å². The van der Waals surface area contributed by atoms with Crippen molar-refractivity contribution in [2.75, 3.05) is 0 Å². The lowest BCUT2D eigenvalue weighted by Crippen LogP contribution is -2.23.